The van der Waals surface area contributed by atoms with E-state index in [0.29, 0.717) is 24.1 Å². The van der Waals surface area contributed by atoms with Crippen LogP contribution >= 0.6 is 0 Å². The fourth-order valence-corrected chi connectivity index (χ4v) is 2.40. The summed E-state index contributed by atoms with van der Waals surface area (Å²) in [7, 11) is 0. The summed E-state index contributed by atoms with van der Waals surface area (Å²) < 4.78 is 28.5. The minimum atomic E-state index is -0.783. The van der Waals surface area contributed by atoms with Gasteiger partial charge in [-0.25, -0.2) is 8.78 Å². The van der Waals surface area contributed by atoms with Gasteiger partial charge in [0.05, 0.1) is 5.92 Å². The summed E-state index contributed by atoms with van der Waals surface area (Å²) in [4.78, 5) is 11.9. The predicted molar refractivity (Wildman–Crippen MR) is 74.3 cm³/mol. The van der Waals surface area contributed by atoms with Crippen LogP contribution in [-0.2, 0) is 10.2 Å². The van der Waals surface area contributed by atoms with Gasteiger partial charge in [0.1, 0.15) is 11.6 Å². The first-order valence-electron chi connectivity index (χ1n) is 6.68. The molecule has 0 unspecified atom stereocenters. The zero-order valence-electron chi connectivity index (χ0n) is 12.0. The van der Waals surface area contributed by atoms with Gasteiger partial charge in [-0.1, -0.05) is 27.4 Å². The molecule has 0 radical (unpaired) electrons. The normalized spacial score (nSPS) is 19.9. The van der Waals surface area contributed by atoms with Crippen molar-refractivity contribution in [2.45, 2.75) is 44.9 Å². The van der Waals surface area contributed by atoms with E-state index in [1.165, 1.54) is 12.1 Å². The van der Waals surface area contributed by atoms with Crippen molar-refractivity contribution < 1.29 is 13.6 Å². The largest absolute Gasteiger partial charge is 0.330 e. The summed E-state index contributed by atoms with van der Waals surface area (Å²) in [6.07, 6.45) is 0.920. The van der Waals surface area contributed by atoms with Gasteiger partial charge in [0, 0.05) is 11.3 Å². The molecule has 1 saturated heterocycles. The van der Waals surface area contributed by atoms with Crippen LogP contribution in [0.25, 0.3) is 0 Å². The molecule has 4 heteroatoms. The second-order valence-electron chi connectivity index (χ2n) is 6.29. The number of carbonyl (C=O) groups is 1. The van der Waals surface area contributed by atoms with Crippen LogP contribution < -0.4 is 5.32 Å². The molecule has 1 aromatic carbocycles. The Morgan fingerprint density at radius 1 is 1.25 bits per heavy atom. The Kier molecular flexibility index (Phi) is 3.67. The van der Waals surface area contributed by atoms with Crippen molar-refractivity contribution >= 4 is 5.91 Å². The smallest absolute Gasteiger partial charge is 0.231 e. The number of rotatable bonds is 1. The van der Waals surface area contributed by atoms with Crippen LogP contribution in [0.3, 0.4) is 0 Å². The van der Waals surface area contributed by atoms with Crippen molar-refractivity contribution in [2.75, 3.05) is 0 Å². The molecule has 0 saturated carbocycles. The fraction of sp³-hybridized carbons (Fsp3) is 0.438. The highest BCUT2D eigenvalue weighted by atomic mass is 19.1. The second kappa shape index (κ2) is 5.00. The number of hydrogen-bond donors (Lipinski definition) is 1. The molecular weight excluding hydrogens is 260 g/mol. The van der Waals surface area contributed by atoms with E-state index < -0.39 is 17.6 Å². The average Bonchev–Trinajstić information content (AvgIpc) is 2.29. The highest BCUT2D eigenvalue weighted by molar-refractivity contribution is 5.86. The lowest BCUT2D eigenvalue weighted by atomic mass is 9.83. The first-order chi connectivity index (χ1) is 9.20. The molecule has 0 aromatic heterocycles. The molecule has 0 aliphatic carbocycles. The Morgan fingerprint density at radius 3 is 2.25 bits per heavy atom. The second-order valence-corrected chi connectivity index (χ2v) is 6.29. The Labute approximate surface area is 117 Å². The van der Waals surface area contributed by atoms with Gasteiger partial charge in [0.2, 0.25) is 5.91 Å². The Morgan fingerprint density at radius 2 is 1.80 bits per heavy atom. The fourth-order valence-electron chi connectivity index (χ4n) is 2.40. The zero-order valence-corrected chi connectivity index (χ0v) is 12.0. The van der Waals surface area contributed by atoms with Crippen molar-refractivity contribution in [3.8, 4) is 0 Å². The van der Waals surface area contributed by atoms with E-state index in [2.05, 4.69) is 11.9 Å². The number of allylic oxidation sites excluding steroid dienone is 1. The summed E-state index contributed by atoms with van der Waals surface area (Å²) in [5, 5.41) is 2.56. The molecule has 20 heavy (non-hydrogen) atoms. The van der Waals surface area contributed by atoms with Crippen molar-refractivity contribution in [2.24, 2.45) is 0 Å². The van der Waals surface area contributed by atoms with E-state index in [1.54, 1.807) is 0 Å². The van der Waals surface area contributed by atoms with Crippen molar-refractivity contribution in [3.63, 3.8) is 0 Å². The standard InChI is InChI=1S/C16H19F2NO/c1-9-5-6-11(15(20)19-9)14-12(17)7-10(8-13(14)18)16(2,3)4/h7-8,11H,1,5-6H2,2-4H3,(H,19,20)/t11-/m0/s1. The van der Waals surface area contributed by atoms with Gasteiger partial charge in [0.15, 0.2) is 0 Å². The molecule has 1 fully saturated rings. The van der Waals surface area contributed by atoms with Gasteiger partial charge in [-0.15, -0.1) is 0 Å². The summed E-state index contributed by atoms with van der Waals surface area (Å²) in [6, 6.07) is 2.66. The number of piperidine rings is 1. The first-order valence-corrected chi connectivity index (χ1v) is 6.68. The van der Waals surface area contributed by atoms with E-state index in [1.807, 2.05) is 20.8 Å². The molecule has 108 valence electrons. The number of amides is 1. The van der Waals surface area contributed by atoms with Crippen LogP contribution in [0, 0.1) is 11.6 Å². The van der Waals surface area contributed by atoms with Crippen molar-refractivity contribution in [1.29, 1.82) is 0 Å². The van der Waals surface area contributed by atoms with Crippen LogP contribution in [0.4, 0.5) is 8.78 Å². The van der Waals surface area contributed by atoms with Crippen molar-refractivity contribution in [1.82, 2.24) is 5.32 Å². The van der Waals surface area contributed by atoms with Crippen LogP contribution in [0.2, 0.25) is 0 Å². The summed E-state index contributed by atoms with van der Waals surface area (Å²) in [5.41, 5.74) is 0.696. The van der Waals surface area contributed by atoms with Crippen LogP contribution in [0.15, 0.2) is 24.4 Å². The SMILES string of the molecule is C=C1CC[C@@H](c2c(F)cc(C(C)(C)C)cc2F)C(=O)N1. The molecule has 1 aliphatic rings. The Bertz CT molecular complexity index is 549. The van der Waals surface area contributed by atoms with Crippen LogP contribution in [0.1, 0.15) is 50.7 Å². The molecular formula is C16H19F2NO. The quantitative estimate of drug-likeness (QED) is 0.833. The molecule has 0 spiro atoms. The molecule has 0 bridgehead atoms. The summed E-state index contributed by atoms with van der Waals surface area (Å²) in [5.74, 6) is -2.47. The minimum Gasteiger partial charge on any atom is -0.330 e. The van der Waals surface area contributed by atoms with E-state index in [0.717, 1.165) is 0 Å². The lowest BCUT2D eigenvalue weighted by Crippen LogP contribution is -2.34. The highest BCUT2D eigenvalue weighted by Crippen LogP contribution is 2.34. The van der Waals surface area contributed by atoms with E-state index in [9.17, 15) is 13.6 Å². The first kappa shape index (κ1) is 14.7. The number of halogens is 2. The van der Waals surface area contributed by atoms with Crippen molar-refractivity contribution in [3.05, 3.63) is 47.2 Å². The third-order valence-corrected chi connectivity index (χ3v) is 3.64. The molecule has 2 rings (SSSR count). The molecule has 1 amide bonds. The monoisotopic (exact) mass is 279 g/mol. The molecule has 1 heterocycles. The number of carbonyl (C=O) groups excluding carboxylic acids is 1. The van der Waals surface area contributed by atoms with Gasteiger partial charge in [-0.2, -0.15) is 0 Å². The third-order valence-electron chi connectivity index (χ3n) is 3.64. The molecule has 1 aliphatic heterocycles. The summed E-state index contributed by atoms with van der Waals surface area (Å²) >= 11 is 0. The number of hydrogen-bond acceptors (Lipinski definition) is 1. The van der Waals surface area contributed by atoms with Gasteiger partial charge in [-0.3, -0.25) is 4.79 Å². The lowest BCUT2D eigenvalue weighted by Gasteiger charge is -2.26. The average molecular weight is 279 g/mol. The third kappa shape index (κ3) is 2.74. The van der Waals surface area contributed by atoms with E-state index in [-0.39, 0.29) is 16.9 Å². The van der Waals surface area contributed by atoms with Gasteiger partial charge >= 0.3 is 0 Å². The van der Waals surface area contributed by atoms with Gasteiger partial charge < -0.3 is 5.32 Å². The summed E-state index contributed by atoms with van der Waals surface area (Å²) in [6.45, 7) is 9.33. The topological polar surface area (TPSA) is 29.1 Å². The minimum absolute atomic E-state index is 0.136. The molecule has 1 aromatic rings. The Balaban J connectivity index is 2.43. The number of nitrogens with one attached hydrogen (secondary N) is 1. The maximum atomic E-state index is 14.3. The lowest BCUT2D eigenvalue weighted by molar-refractivity contribution is -0.123. The molecule has 2 nitrogen and oxygen atoms in total. The molecule has 1 atom stereocenters. The van der Waals surface area contributed by atoms with E-state index in [4.69, 9.17) is 0 Å². The highest BCUT2D eigenvalue weighted by Gasteiger charge is 2.31. The maximum Gasteiger partial charge on any atom is 0.231 e. The van der Waals surface area contributed by atoms with Gasteiger partial charge in [-0.05, 0) is 36.0 Å². The zero-order chi connectivity index (χ0) is 15.1. The van der Waals surface area contributed by atoms with Gasteiger partial charge in [0.25, 0.3) is 0 Å². The van der Waals surface area contributed by atoms with Crippen LogP contribution in [-0.4, -0.2) is 5.91 Å². The number of benzene rings is 1. The Hall–Kier alpha value is -1.71. The maximum absolute atomic E-state index is 14.3. The molecule has 1 N–H and O–H groups in total. The van der Waals surface area contributed by atoms with E-state index >= 15 is 0 Å². The van der Waals surface area contributed by atoms with Crippen LogP contribution in [0.5, 0.6) is 0 Å². The predicted octanol–water partition coefficient (Wildman–Crippen LogP) is 3.77.